The largest absolute Gasteiger partial charge is 0.424 e. The van der Waals surface area contributed by atoms with Crippen molar-refractivity contribution in [2.75, 3.05) is 0 Å². The van der Waals surface area contributed by atoms with E-state index in [9.17, 15) is 14.9 Å². The van der Waals surface area contributed by atoms with E-state index in [4.69, 9.17) is 16.0 Å². The summed E-state index contributed by atoms with van der Waals surface area (Å²) in [5.41, 5.74) is 0.320. The van der Waals surface area contributed by atoms with Gasteiger partial charge in [0.05, 0.1) is 4.92 Å². The van der Waals surface area contributed by atoms with E-state index >= 15 is 0 Å². The number of hydrogen-bond acceptors (Lipinski definition) is 5. The maximum absolute atomic E-state index is 11.6. The van der Waals surface area contributed by atoms with Crippen LogP contribution in [0.3, 0.4) is 0 Å². The third-order valence-electron chi connectivity index (χ3n) is 2.52. The van der Waals surface area contributed by atoms with Crippen molar-refractivity contribution < 1.29 is 9.34 Å². The number of benzene rings is 1. The fourth-order valence-corrected chi connectivity index (χ4v) is 1.66. The van der Waals surface area contributed by atoms with Crippen LogP contribution in [0.15, 0.2) is 33.5 Å². The lowest BCUT2D eigenvalue weighted by molar-refractivity contribution is -0.384. The zero-order valence-corrected chi connectivity index (χ0v) is 10.7. The second-order valence-electron chi connectivity index (χ2n) is 3.90. The lowest BCUT2D eigenvalue weighted by Gasteiger charge is -2.01. The van der Waals surface area contributed by atoms with Crippen molar-refractivity contribution in [1.82, 2.24) is 4.98 Å². The standard InChI is InChI=1S/C12H9ClN2O4/c1-7-11(13)14-10(12(16)19-7)6-8-2-4-9(5-3-8)15(17)18/h2-5H,6H2,1H3. The Kier molecular flexibility index (Phi) is 3.62. The Morgan fingerprint density at radius 1 is 1.37 bits per heavy atom. The van der Waals surface area contributed by atoms with Crippen LogP contribution in [0.5, 0.6) is 0 Å². The van der Waals surface area contributed by atoms with E-state index in [0.717, 1.165) is 0 Å². The fraction of sp³-hybridized carbons (Fsp3) is 0.167. The molecule has 0 saturated heterocycles. The van der Waals surface area contributed by atoms with Gasteiger partial charge >= 0.3 is 5.63 Å². The molecule has 1 aromatic heterocycles. The molecule has 2 aromatic rings. The van der Waals surface area contributed by atoms with E-state index in [1.807, 2.05) is 0 Å². The van der Waals surface area contributed by atoms with E-state index in [0.29, 0.717) is 5.56 Å². The normalized spacial score (nSPS) is 10.4. The van der Waals surface area contributed by atoms with Crippen molar-refractivity contribution >= 4 is 17.3 Å². The lowest BCUT2D eigenvalue weighted by atomic mass is 10.1. The van der Waals surface area contributed by atoms with Crippen molar-refractivity contribution in [2.24, 2.45) is 0 Å². The summed E-state index contributed by atoms with van der Waals surface area (Å²) in [4.78, 5) is 25.6. The second-order valence-corrected chi connectivity index (χ2v) is 4.25. The molecule has 0 atom stereocenters. The van der Waals surface area contributed by atoms with Gasteiger partial charge in [-0.1, -0.05) is 23.7 Å². The second kappa shape index (κ2) is 5.19. The lowest BCUT2D eigenvalue weighted by Crippen LogP contribution is -2.12. The number of nitro groups is 1. The summed E-state index contributed by atoms with van der Waals surface area (Å²) in [6.07, 6.45) is 0.209. The predicted molar refractivity (Wildman–Crippen MR) is 68.4 cm³/mol. The molecule has 0 saturated carbocycles. The highest BCUT2D eigenvalue weighted by atomic mass is 35.5. The molecule has 19 heavy (non-hydrogen) atoms. The average molecular weight is 281 g/mol. The summed E-state index contributed by atoms with van der Waals surface area (Å²) < 4.78 is 4.91. The van der Waals surface area contributed by atoms with Gasteiger partial charge in [0.15, 0.2) is 5.15 Å². The van der Waals surface area contributed by atoms with Gasteiger partial charge in [0.1, 0.15) is 11.5 Å². The topological polar surface area (TPSA) is 86.2 Å². The highest BCUT2D eigenvalue weighted by molar-refractivity contribution is 6.29. The maximum Gasteiger partial charge on any atom is 0.358 e. The molecule has 98 valence electrons. The van der Waals surface area contributed by atoms with E-state index in [2.05, 4.69) is 4.98 Å². The first-order valence-electron chi connectivity index (χ1n) is 5.37. The third kappa shape index (κ3) is 2.97. The Bertz CT molecular complexity index is 679. The molecule has 0 N–H and O–H groups in total. The molecule has 2 rings (SSSR count). The van der Waals surface area contributed by atoms with Crippen molar-refractivity contribution in [3.63, 3.8) is 0 Å². The zero-order valence-electron chi connectivity index (χ0n) is 9.92. The molecule has 0 amide bonds. The van der Waals surface area contributed by atoms with Crippen molar-refractivity contribution in [1.29, 1.82) is 0 Å². The number of halogens is 1. The van der Waals surface area contributed by atoms with E-state index in [1.165, 1.54) is 12.1 Å². The number of nitro benzene ring substituents is 1. The first kappa shape index (κ1) is 13.2. The molecule has 0 aliphatic rings. The Morgan fingerprint density at radius 3 is 2.58 bits per heavy atom. The molecule has 1 aromatic carbocycles. The van der Waals surface area contributed by atoms with Crippen LogP contribution in [0.2, 0.25) is 5.15 Å². The Morgan fingerprint density at radius 2 is 2.00 bits per heavy atom. The van der Waals surface area contributed by atoms with E-state index in [1.54, 1.807) is 19.1 Å². The molecule has 0 aliphatic heterocycles. The Hall–Kier alpha value is -2.21. The molecular formula is C12H9ClN2O4. The van der Waals surface area contributed by atoms with Gasteiger partial charge in [-0.3, -0.25) is 10.1 Å². The third-order valence-corrected chi connectivity index (χ3v) is 2.87. The van der Waals surface area contributed by atoms with Gasteiger partial charge in [0.2, 0.25) is 0 Å². The van der Waals surface area contributed by atoms with Crippen molar-refractivity contribution in [2.45, 2.75) is 13.3 Å². The van der Waals surface area contributed by atoms with E-state index in [-0.39, 0.29) is 28.7 Å². The number of hydrogen-bond donors (Lipinski definition) is 0. The van der Waals surface area contributed by atoms with Crippen molar-refractivity contribution in [3.8, 4) is 0 Å². The molecule has 6 nitrogen and oxygen atoms in total. The number of rotatable bonds is 3. The molecule has 0 unspecified atom stereocenters. The van der Waals surface area contributed by atoms with Crippen LogP contribution >= 0.6 is 11.6 Å². The highest BCUT2D eigenvalue weighted by Gasteiger charge is 2.10. The molecule has 1 heterocycles. The molecule has 0 bridgehead atoms. The summed E-state index contributed by atoms with van der Waals surface area (Å²) in [5, 5.41) is 10.7. The van der Waals surface area contributed by atoms with Gasteiger partial charge in [0.25, 0.3) is 5.69 Å². The quantitative estimate of drug-likeness (QED) is 0.637. The summed E-state index contributed by atoms with van der Waals surface area (Å²) in [6, 6.07) is 5.86. The van der Waals surface area contributed by atoms with Crippen molar-refractivity contribution in [3.05, 3.63) is 67.0 Å². The first-order chi connectivity index (χ1) is 8.97. The van der Waals surface area contributed by atoms with Gasteiger partial charge in [-0.2, -0.15) is 0 Å². The van der Waals surface area contributed by atoms with Crippen LogP contribution in [0.1, 0.15) is 17.0 Å². The monoisotopic (exact) mass is 280 g/mol. The minimum Gasteiger partial charge on any atom is -0.424 e. The predicted octanol–water partition coefficient (Wildman–Crippen LogP) is 2.50. The van der Waals surface area contributed by atoms with Gasteiger partial charge in [0, 0.05) is 18.6 Å². The molecule has 0 spiro atoms. The molecule has 0 fully saturated rings. The van der Waals surface area contributed by atoms with Gasteiger partial charge < -0.3 is 4.42 Å². The minimum absolute atomic E-state index is 0.00863. The summed E-state index contributed by atoms with van der Waals surface area (Å²) in [7, 11) is 0. The Balaban J connectivity index is 2.29. The zero-order chi connectivity index (χ0) is 14.0. The summed E-state index contributed by atoms with van der Waals surface area (Å²) >= 11 is 5.79. The van der Waals surface area contributed by atoms with Crippen LogP contribution in [-0.2, 0) is 6.42 Å². The fourth-order valence-electron chi connectivity index (χ4n) is 1.52. The first-order valence-corrected chi connectivity index (χ1v) is 5.74. The van der Waals surface area contributed by atoms with E-state index < -0.39 is 10.5 Å². The smallest absolute Gasteiger partial charge is 0.358 e. The van der Waals surface area contributed by atoms with Gasteiger partial charge in [-0.05, 0) is 12.5 Å². The van der Waals surface area contributed by atoms with Crippen LogP contribution < -0.4 is 5.63 Å². The van der Waals surface area contributed by atoms with Gasteiger partial charge in [-0.15, -0.1) is 0 Å². The number of aromatic nitrogens is 1. The number of aryl methyl sites for hydroxylation is 1. The maximum atomic E-state index is 11.6. The molecular weight excluding hydrogens is 272 g/mol. The average Bonchev–Trinajstić information content (AvgIpc) is 2.36. The Labute approximate surface area is 112 Å². The molecule has 0 aliphatic carbocycles. The molecule has 7 heteroatoms. The van der Waals surface area contributed by atoms with Crippen LogP contribution in [0, 0.1) is 17.0 Å². The van der Waals surface area contributed by atoms with Gasteiger partial charge in [-0.25, -0.2) is 9.78 Å². The highest BCUT2D eigenvalue weighted by Crippen LogP contribution is 2.15. The minimum atomic E-state index is -0.555. The SMILES string of the molecule is Cc1oc(=O)c(Cc2ccc([N+](=O)[O-])cc2)nc1Cl. The summed E-state index contributed by atoms with van der Waals surface area (Å²) in [5.74, 6) is 0.263. The number of non-ortho nitro benzene ring substituents is 1. The van der Waals surface area contributed by atoms with Crippen LogP contribution in [0.4, 0.5) is 5.69 Å². The van der Waals surface area contributed by atoms with Crippen LogP contribution in [-0.4, -0.2) is 9.91 Å². The van der Waals surface area contributed by atoms with Crippen LogP contribution in [0.25, 0.3) is 0 Å². The molecule has 0 radical (unpaired) electrons. The summed E-state index contributed by atoms with van der Waals surface area (Å²) in [6.45, 7) is 1.55. The number of nitrogens with zero attached hydrogens (tertiary/aromatic N) is 2.